The quantitative estimate of drug-likeness (QED) is 0.905. The predicted molar refractivity (Wildman–Crippen MR) is 80.1 cm³/mol. The Hall–Kier alpha value is -2.14. The Balaban J connectivity index is 1.71. The molecule has 1 atom stereocenters. The van der Waals surface area contributed by atoms with E-state index in [1.54, 1.807) is 0 Å². The fourth-order valence-electron chi connectivity index (χ4n) is 2.60. The van der Waals surface area contributed by atoms with Crippen molar-refractivity contribution in [1.82, 2.24) is 15.5 Å². The molecule has 110 valence electrons. The van der Waals surface area contributed by atoms with E-state index in [1.165, 1.54) is 0 Å². The van der Waals surface area contributed by atoms with Gasteiger partial charge in [-0.25, -0.2) is 0 Å². The Labute approximate surface area is 123 Å². The Kier molecular flexibility index (Phi) is 4.01. The first-order chi connectivity index (χ1) is 10.3. The number of carbonyl (C=O) groups excluding carboxylic acids is 1. The molecule has 1 amide bonds. The highest BCUT2D eigenvalue weighted by Gasteiger charge is 2.20. The third kappa shape index (κ3) is 2.97. The van der Waals surface area contributed by atoms with Gasteiger partial charge in [-0.15, -0.1) is 0 Å². The van der Waals surface area contributed by atoms with Crippen molar-refractivity contribution in [1.29, 1.82) is 0 Å². The Morgan fingerprint density at radius 1 is 1.43 bits per heavy atom. The average molecular weight is 285 g/mol. The first-order valence-electron chi connectivity index (χ1n) is 7.26. The second-order valence-electron chi connectivity index (χ2n) is 5.28. The zero-order valence-electron chi connectivity index (χ0n) is 12.1. The van der Waals surface area contributed by atoms with Crippen LogP contribution < -0.4 is 5.32 Å². The number of rotatable bonds is 4. The fraction of sp³-hybridized carbons (Fsp3) is 0.375. The van der Waals surface area contributed by atoms with Gasteiger partial charge < -0.3 is 10.1 Å². The van der Waals surface area contributed by atoms with Crippen LogP contribution in [0.3, 0.4) is 0 Å². The van der Waals surface area contributed by atoms with Crippen molar-refractivity contribution in [2.75, 3.05) is 13.2 Å². The molecule has 1 aromatic heterocycles. The molecule has 1 aliphatic rings. The number of nitrogens with one attached hydrogen (secondary N) is 2. The SMILES string of the molecule is Cc1c(-c2ccccc2)n[nH]c1C(=O)NCC1CCCO1. The van der Waals surface area contributed by atoms with Crippen LogP contribution in [0.2, 0.25) is 0 Å². The van der Waals surface area contributed by atoms with Crippen molar-refractivity contribution in [2.24, 2.45) is 0 Å². The van der Waals surface area contributed by atoms with E-state index in [-0.39, 0.29) is 12.0 Å². The molecule has 0 spiro atoms. The van der Waals surface area contributed by atoms with Crippen LogP contribution in [0.5, 0.6) is 0 Å². The Morgan fingerprint density at radius 3 is 2.95 bits per heavy atom. The van der Waals surface area contributed by atoms with Crippen LogP contribution in [-0.2, 0) is 4.74 Å². The second-order valence-corrected chi connectivity index (χ2v) is 5.28. The lowest BCUT2D eigenvalue weighted by Crippen LogP contribution is -2.32. The molecule has 1 unspecified atom stereocenters. The summed E-state index contributed by atoms with van der Waals surface area (Å²) in [4.78, 5) is 12.2. The molecular weight excluding hydrogens is 266 g/mol. The van der Waals surface area contributed by atoms with Gasteiger partial charge in [-0.1, -0.05) is 30.3 Å². The van der Waals surface area contributed by atoms with Gasteiger partial charge in [-0.2, -0.15) is 5.10 Å². The number of nitrogens with zero attached hydrogens (tertiary/aromatic N) is 1. The molecule has 2 N–H and O–H groups in total. The fourth-order valence-corrected chi connectivity index (χ4v) is 2.60. The summed E-state index contributed by atoms with van der Waals surface area (Å²) in [5, 5.41) is 10.0. The zero-order valence-corrected chi connectivity index (χ0v) is 12.1. The minimum Gasteiger partial charge on any atom is -0.376 e. The van der Waals surface area contributed by atoms with E-state index in [2.05, 4.69) is 15.5 Å². The summed E-state index contributed by atoms with van der Waals surface area (Å²) in [5.41, 5.74) is 3.21. The highest BCUT2D eigenvalue weighted by Crippen LogP contribution is 2.22. The van der Waals surface area contributed by atoms with E-state index in [4.69, 9.17) is 4.74 Å². The number of aromatic amines is 1. The van der Waals surface area contributed by atoms with Gasteiger partial charge in [0.05, 0.1) is 11.8 Å². The molecule has 21 heavy (non-hydrogen) atoms. The second kappa shape index (κ2) is 6.10. The topological polar surface area (TPSA) is 67.0 Å². The van der Waals surface area contributed by atoms with Gasteiger partial charge in [-0.05, 0) is 19.8 Å². The number of hydrogen-bond donors (Lipinski definition) is 2. The highest BCUT2D eigenvalue weighted by molar-refractivity contribution is 5.95. The monoisotopic (exact) mass is 285 g/mol. The maximum atomic E-state index is 12.2. The van der Waals surface area contributed by atoms with Crippen molar-refractivity contribution < 1.29 is 9.53 Å². The molecule has 1 aliphatic heterocycles. The van der Waals surface area contributed by atoms with Crippen molar-refractivity contribution in [3.05, 3.63) is 41.6 Å². The molecule has 0 aliphatic carbocycles. The van der Waals surface area contributed by atoms with Crippen molar-refractivity contribution >= 4 is 5.91 Å². The van der Waals surface area contributed by atoms with E-state index in [0.29, 0.717) is 12.2 Å². The summed E-state index contributed by atoms with van der Waals surface area (Å²) in [6.45, 7) is 3.26. The number of carbonyl (C=O) groups is 1. The minimum atomic E-state index is -0.127. The van der Waals surface area contributed by atoms with Gasteiger partial charge in [0.1, 0.15) is 5.69 Å². The van der Waals surface area contributed by atoms with Gasteiger partial charge in [0, 0.05) is 24.3 Å². The van der Waals surface area contributed by atoms with Gasteiger partial charge in [0.25, 0.3) is 5.91 Å². The molecule has 1 aromatic carbocycles. The highest BCUT2D eigenvalue weighted by atomic mass is 16.5. The van der Waals surface area contributed by atoms with Crippen LogP contribution in [0, 0.1) is 6.92 Å². The summed E-state index contributed by atoms with van der Waals surface area (Å²) in [7, 11) is 0. The van der Waals surface area contributed by atoms with E-state index in [9.17, 15) is 4.79 Å². The van der Waals surface area contributed by atoms with E-state index in [0.717, 1.165) is 36.3 Å². The van der Waals surface area contributed by atoms with E-state index in [1.807, 2.05) is 37.3 Å². The van der Waals surface area contributed by atoms with Crippen LogP contribution in [0.4, 0.5) is 0 Å². The van der Waals surface area contributed by atoms with Gasteiger partial charge in [0.15, 0.2) is 0 Å². The van der Waals surface area contributed by atoms with Crippen molar-refractivity contribution in [2.45, 2.75) is 25.9 Å². The maximum Gasteiger partial charge on any atom is 0.269 e. The molecule has 0 bridgehead atoms. The first-order valence-corrected chi connectivity index (χ1v) is 7.26. The molecule has 0 radical (unpaired) electrons. The standard InChI is InChI=1S/C16H19N3O2/c1-11-14(12-6-3-2-4-7-12)18-19-15(11)16(20)17-10-13-8-5-9-21-13/h2-4,6-7,13H,5,8-10H2,1H3,(H,17,20)(H,18,19). The molecular formula is C16H19N3O2. The smallest absolute Gasteiger partial charge is 0.269 e. The molecule has 0 saturated carbocycles. The van der Waals surface area contributed by atoms with E-state index < -0.39 is 0 Å². The molecule has 5 nitrogen and oxygen atoms in total. The van der Waals surface area contributed by atoms with Crippen molar-refractivity contribution in [3.63, 3.8) is 0 Å². The van der Waals surface area contributed by atoms with Crippen molar-refractivity contribution in [3.8, 4) is 11.3 Å². The van der Waals surface area contributed by atoms with Crippen LogP contribution in [-0.4, -0.2) is 35.4 Å². The minimum absolute atomic E-state index is 0.127. The molecule has 2 heterocycles. The lowest BCUT2D eigenvalue weighted by molar-refractivity contribution is 0.0853. The third-order valence-corrected chi connectivity index (χ3v) is 3.80. The molecule has 3 rings (SSSR count). The van der Waals surface area contributed by atoms with E-state index >= 15 is 0 Å². The number of ether oxygens (including phenoxy) is 1. The summed E-state index contributed by atoms with van der Waals surface area (Å²) >= 11 is 0. The summed E-state index contributed by atoms with van der Waals surface area (Å²) < 4.78 is 5.50. The molecule has 2 aromatic rings. The first kappa shape index (κ1) is 13.8. The summed E-state index contributed by atoms with van der Waals surface area (Å²) in [6, 6.07) is 9.84. The number of aromatic nitrogens is 2. The lowest BCUT2D eigenvalue weighted by Gasteiger charge is -2.10. The number of hydrogen-bond acceptors (Lipinski definition) is 3. The molecule has 5 heteroatoms. The average Bonchev–Trinajstić information content (AvgIpc) is 3.15. The Morgan fingerprint density at radius 2 is 2.24 bits per heavy atom. The number of amides is 1. The number of benzene rings is 1. The molecule has 1 saturated heterocycles. The van der Waals surface area contributed by atoms with Gasteiger partial charge in [-0.3, -0.25) is 9.89 Å². The zero-order chi connectivity index (χ0) is 14.7. The summed E-state index contributed by atoms with van der Waals surface area (Å²) in [6.07, 6.45) is 2.23. The normalized spacial score (nSPS) is 17.9. The van der Waals surface area contributed by atoms with Crippen LogP contribution in [0.15, 0.2) is 30.3 Å². The van der Waals surface area contributed by atoms with Crippen LogP contribution >= 0.6 is 0 Å². The van der Waals surface area contributed by atoms with Gasteiger partial charge in [0.2, 0.25) is 0 Å². The summed E-state index contributed by atoms with van der Waals surface area (Å²) in [5.74, 6) is -0.127. The maximum absolute atomic E-state index is 12.2. The number of H-pyrrole nitrogens is 1. The largest absolute Gasteiger partial charge is 0.376 e. The third-order valence-electron chi connectivity index (χ3n) is 3.80. The predicted octanol–water partition coefficient (Wildman–Crippen LogP) is 2.29. The Bertz CT molecular complexity index is 616. The van der Waals surface area contributed by atoms with Gasteiger partial charge >= 0.3 is 0 Å². The lowest BCUT2D eigenvalue weighted by atomic mass is 10.1. The van der Waals surface area contributed by atoms with Crippen LogP contribution in [0.25, 0.3) is 11.3 Å². The van der Waals surface area contributed by atoms with Crippen LogP contribution in [0.1, 0.15) is 28.9 Å². The molecule has 1 fully saturated rings.